The standard InChI is InChI=1S/C27H21F4N3O4/c1-36-18-6-7-19-17(14-18)9-11-34-21(19)15-25(33-26(34)35)37-12-10-16-5-8-22(20(28)13-16)38-24-4-2-3-23(32-24)27(29,30)31/h2-8,13-15H,9-12H2,1H3. The molecule has 0 saturated carbocycles. The SMILES string of the molecule is COc1ccc2c(c1)CCn1c-2cc(OCCc2ccc(Oc3cccc(C(F)(F)F)n3)c(F)c2)nc1=O. The third-order valence-electron chi connectivity index (χ3n) is 6.05. The van der Waals surface area contributed by atoms with Crippen molar-refractivity contribution in [3.8, 4) is 34.5 Å². The molecular formula is C27H21F4N3O4. The molecule has 0 unspecified atom stereocenters. The molecule has 0 aliphatic carbocycles. The highest BCUT2D eigenvalue weighted by Crippen LogP contribution is 2.33. The maximum Gasteiger partial charge on any atom is 0.433 e. The van der Waals surface area contributed by atoms with Crippen LogP contribution in [0.3, 0.4) is 0 Å². The summed E-state index contributed by atoms with van der Waals surface area (Å²) in [5.41, 5.74) is 1.64. The van der Waals surface area contributed by atoms with E-state index in [1.807, 2.05) is 18.2 Å². The van der Waals surface area contributed by atoms with Crippen LogP contribution in [-0.2, 0) is 25.6 Å². The van der Waals surface area contributed by atoms with E-state index >= 15 is 0 Å². The van der Waals surface area contributed by atoms with Crippen LogP contribution in [0.25, 0.3) is 11.3 Å². The Bertz CT molecular complexity index is 1550. The van der Waals surface area contributed by atoms with Crippen molar-refractivity contribution >= 4 is 0 Å². The Kier molecular flexibility index (Phi) is 6.75. The lowest BCUT2D eigenvalue weighted by atomic mass is 9.97. The number of ether oxygens (including phenoxy) is 3. The van der Waals surface area contributed by atoms with Crippen molar-refractivity contribution in [2.75, 3.05) is 13.7 Å². The Morgan fingerprint density at radius 1 is 1.00 bits per heavy atom. The van der Waals surface area contributed by atoms with Crippen LogP contribution in [0.15, 0.2) is 65.5 Å². The minimum absolute atomic E-state index is 0.111. The van der Waals surface area contributed by atoms with E-state index in [9.17, 15) is 22.4 Å². The first-order valence-corrected chi connectivity index (χ1v) is 11.6. The Hall–Kier alpha value is -4.41. The lowest BCUT2D eigenvalue weighted by Crippen LogP contribution is -2.28. The number of hydrogen-bond donors (Lipinski definition) is 0. The Balaban J connectivity index is 1.26. The van der Waals surface area contributed by atoms with Gasteiger partial charge in [0.2, 0.25) is 11.8 Å². The smallest absolute Gasteiger partial charge is 0.433 e. The molecule has 0 spiro atoms. The van der Waals surface area contributed by atoms with Crippen molar-refractivity contribution in [2.24, 2.45) is 0 Å². The molecule has 0 radical (unpaired) electrons. The number of fused-ring (bicyclic) bond motifs is 3. The number of benzene rings is 2. The monoisotopic (exact) mass is 527 g/mol. The van der Waals surface area contributed by atoms with Gasteiger partial charge in [-0.05, 0) is 53.9 Å². The summed E-state index contributed by atoms with van der Waals surface area (Å²) in [5, 5.41) is 0. The quantitative estimate of drug-likeness (QED) is 0.298. The fourth-order valence-electron chi connectivity index (χ4n) is 4.18. The van der Waals surface area contributed by atoms with Gasteiger partial charge in [-0.2, -0.15) is 18.2 Å². The molecule has 4 aromatic rings. The van der Waals surface area contributed by atoms with Gasteiger partial charge in [-0.25, -0.2) is 14.2 Å². The summed E-state index contributed by atoms with van der Waals surface area (Å²) in [6, 6.07) is 14.6. The van der Waals surface area contributed by atoms with E-state index < -0.39 is 23.4 Å². The number of methoxy groups -OCH3 is 1. The largest absolute Gasteiger partial charge is 0.497 e. The molecule has 11 heteroatoms. The van der Waals surface area contributed by atoms with Crippen LogP contribution in [-0.4, -0.2) is 28.3 Å². The second-order valence-corrected chi connectivity index (χ2v) is 8.51. The predicted octanol–water partition coefficient (Wildman–Crippen LogP) is 5.44. The summed E-state index contributed by atoms with van der Waals surface area (Å²) in [6.07, 6.45) is -3.68. The van der Waals surface area contributed by atoms with Crippen LogP contribution >= 0.6 is 0 Å². The Labute approximate surface area is 214 Å². The van der Waals surface area contributed by atoms with Gasteiger partial charge in [0.25, 0.3) is 0 Å². The summed E-state index contributed by atoms with van der Waals surface area (Å²) < 4.78 is 70.9. The summed E-state index contributed by atoms with van der Waals surface area (Å²) >= 11 is 0. The van der Waals surface area contributed by atoms with E-state index in [4.69, 9.17) is 14.2 Å². The van der Waals surface area contributed by atoms with E-state index in [1.165, 1.54) is 18.2 Å². The van der Waals surface area contributed by atoms with Crippen LogP contribution in [0.1, 0.15) is 16.8 Å². The van der Waals surface area contributed by atoms with E-state index in [0.29, 0.717) is 24.2 Å². The maximum absolute atomic E-state index is 14.6. The molecular weight excluding hydrogens is 506 g/mol. The Morgan fingerprint density at radius 2 is 1.84 bits per heavy atom. The molecule has 1 aliphatic rings. The third kappa shape index (κ3) is 5.31. The number of rotatable bonds is 7. The first kappa shape index (κ1) is 25.2. The molecule has 2 aromatic heterocycles. The second kappa shape index (κ2) is 10.2. The van der Waals surface area contributed by atoms with Crippen LogP contribution < -0.4 is 19.9 Å². The molecule has 196 valence electrons. The maximum atomic E-state index is 14.6. The number of halogens is 4. The van der Waals surface area contributed by atoms with E-state index in [2.05, 4.69) is 9.97 Å². The molecule has 0 N–H and O–H groups in total. The molecule has 38 heavy (non-hydrogen) atoms. The lowest BCUT2D eigenvalue weighted by Gasteiger charge is -2.22. The second-order valence-electron chi connectivity index (χ2n) is 8.51. The molecule has 3 heterocycles. The van der Waals surface area contributed by atoms with Gasteiger partial charge in [0.1, 0.15) is 11.4 Å². The number of aromatic nitrogens is 3. The lowest BCUT2D eigenvalue weighted by molar-refractivity contribution is -0.141. The van der Waals surface area contributed by atoms with Gasteiger partial charge in [-0.15, -0.1) is 0 Å². The van der Waals surface area contributed by atoms with Crippen LogP contribution in [0.5, 0.6) is 23.3 Å². The molecule has 1 aliphatic heterocycles. The van der Waals surface area contributed by atoms with Crippen LogP contribution in [0.2, 0.25) is 0 Å². The number of alkyl halides is 3. The number of pyridine rings is 1. The molecule has 0 saturated heterocycles. The zero-order valence-corrected chi connectivity index (χ0v) is 20.1. The highest BCUT2D eigenvalue weighted by molar-refractivity contribution is 5.67. The van der Waals surface area contributed by atoms with Crippen LogP contribution in [0.4, 0.5) is 17.6 Å². The highest BCUT2D eigenvalue weighted by atomic mass is 19.4. The normalized spacial score (nSPS) is 12.4. The first-order valence-electron chi connectivity index (χ1n) is 11.6. The van der Waals surface area contributed by atoms with Crippen molar-refractivity contribution in [1.29, 1.82) is 0 Å². The number of nitrogens with zero attached hydrogens (tertiary/aromatic N) is 3. The van der Waals surface area contributed by atoms with Gasteiger partial charge in [-0.3, -0.25) is 4.57 Å². The average molecular weight is 527 g/mol. The van der Waals surface area contributed by atoms with Gasteiger partial charge >= 0.3 is 11.9 Å². The fraction of sp³-hybridized carbons (Fsp3) is 0.222. The van der Waals surface area contributed by atoms with Crippen molar-refractivity contribution in [1.82, 2.24) is 14.5 Å². The molecule has 0 amide bonds. The minimum atomic E-state index is -4.64. The fourth-order valence-corrected chi connectivity index (χ4v) is 4.18. The predicted molar refractivity (Wildman–Crippen MR) is 129 cm³/mol. The van der Waals surface area contributed by atoms with Gasteiger partial charge in [0, 0.05) is 30.7 Å². The highest BCUT2D eigenvalue weighted by Gasteiger charge is 2.32. The minimum Gasteiger partial charge on any atom is -0.497 e. The first-order chi connectivity index (χ1) is 18.2. The molecule has 0 atom stereocenters. The van der Waals surface area contributed by atoms with Crippen molar-refractivity contribution in [3.63, 3.8) is 0 Å². The molecule has 7 nitrogen and oxygen atoms in total. The van der Waals surface area contributed by atoms with Crippen molar-refractivity contribution < 1.29 is 31.8 Å². The topological polar surface area (TPSA) is 75.5 Å². The van der Waals surface area contributed by atoms with Crippen molar-refractivity contribution in [3.05, 3.63) is 93.8 Å². The molecule has 0 bridgehead atoms. The number of hydrogen-bond acceptors (Lipinski definition) is 6. The van der Waals surface area contributed by atoms with Gasteiger partial charge < -0.3 is 14.2 Å². The molecule has 5 rings (SSSR count). The van der Waals surface area contributed by atoms with Crippen LogP contribution in [0, 0.1) is 5.82 Å². The van der Waals surface area contributed by atoms with Gasteiger partial charge in [0.05, 0.1) is 19.4 Å². The zero-order chi connectivity index (χ0) is 26.9. The van der Waals surface area contributed by atoms with Gasteiger partial charge in [0.15, 0.2) is 11.6 Å². The molecule has 0 fully saturated rings. The van der Waals surface area contributed by atoms with Gasteiger partial charge in [-0.1, -0.05) is 12.1 Å². The summed E-state index contributed by atoms with van der Waals surface area (Å²) in [7, 11) is 1.60. The molecule has 2 aromatic carbocycles. The van der Waals surface area contributed by atoms with E-state index in [-0.39, 0.29) is 30.5 Å². The van der Waals surface area contributed by atoms with E-state index in [0.717, 1.165) is 29.0 Å². The van der Waals surface area contributed by atoms with Crippen molar-refractivity contribution in [2.45, 2.75) is 25.6 Å². The Morgan fingerprint density at radius 3 is 2.61 bits per heavy atom. The summed E-state index contributed by atoms with van der Waals surface area (Å²) in [5.74, 6) is -0.513. The zero-order valence-electron chi connectivity index (χ0n) is 20.1. The third-order valence-corrected chi connectivity index (χ3v) is 6.05. The summed E-state index contributed by atoms with van der Waals surface area (Å²) in [6.45, 7) is 0.603. The average Bonchev–Trinajstić information content (AvgIpc) is 2.89. The van der Waals surface area contributed by atoms with E-state index in [1.54, 1.807) is 23.8 Å². The number of aryl methyl sites for hydroxylation is 1. The summed E-state index contributed by atoms with van der Waals surface area (Å²) in [4.78, 5) is 20.0.